The lowest BCUT2D eigenvalue weighted by atomic mass is 9.98. The molecule has 1 N–H and O–H groups in total. The minimum Gasteiger partial charge on any atom is -0.343 e. The van der Waals surface area contributed by atoms with Crippen molar-refractivity contribution in [2.24, 2.45) is 5.92 Å². The van der Waals surface area contributed by atoms with Crippen LogP contribution in [0.3, 0.4) is 0 Å². The molecule has 1 aromatic heterocycles. The van der Waals surface area contributed by atoms with E-state index in [4.69, 9.17) is 4.52 Å². The quantitative estimate of drug-likeness (QED) is 0.904. The number of hydrogen-bond donors (Lipinski definition) is 1. The second-order valence-corrected chi connectivity index (χ2v) is 7.08. The highest BCUT2D eigenvalue weighted by atomic mass is 16.5. The van der Waals surface area contributed by atoms with Gasteiger partial charge in [0.2, 0.25) is 11.8 Å². The fourth-order valence-corrected chi connectivity index (χ4v) is 3.24. The average Bonchev–Trinajstić information content (AvgIpc) is 3.04. The molecule has 1 amide bonds. The zero-order valence-corrected chi connectivity index (χ0v) is 15.3. The van der Waals surface area contributed by atoms with Gasteiger partial charge in [-0.05, 0) is 37.3 Å². The van der Waals surface area contributed by atoms with Gasteiger partial charge in [-0.25, -0.2) is 0 Å². The zero-order valence-electron chi connectivity index (χ0n) is 15.3. The fraction of sp³-hybridized carbons (Fsp3) is 0.526. The number of hydrogen-bond acceptors (Lipinski definition) is 5. The molecule has 1 aliphatic heterocycles. The van der Waals surface area contributed by atoms with Gasteiger partial charge in [0.25, 0.3) is 0 Å². The first-order valence-electron chi connectivity index (χ1n) is 8.87. The molecule has 134 valence electrons. The van der Waals surface area contributed by atoms with Crippen molar-refractivity contribution in [3.8, 4) is 0 Å². The molecule has 0 aliphatic carbocycles. The van der Waals surface area contributed by atoms with Crippen molar-refractivity contribution in [2.75, 3.05) is 6.54 Å². The Morgan fingerprint density at radius 2 is 1.96 bits per heavy atom. The zero-order chi connectivity index (χ0) is 18.0. The van der Waals surface area contributed by atoms with Gasteiger partial charge in [0.15, 0.2) is 5.82 Å². The van der Waals surface area contributed by atoms with Crippen LogP contribution in [0.15, 0.2) is 28.8 Å². The van der Waals surface area contributed by atoms with Crippen LogP contribution < -0.4 is 5.32 Å². The van der Waals surface area contributed by atoms with E-state index in [0.717, 1.165) is 19.5 Å². The molecule has 0 saturated carbocycles. The molecule has 0 saturated heterocycles. The van der Waals surface area contributed by atoms with Crippen LogP contribution in [0, 0.1) is 12.8 Å². The summed E-state index contributed by atoms with van der Waals surface area (Å²) in [7, 11) is 0. The van der Waals surface area contributed by atoms with Crippen LogP contribution in [0.25, 0.3) is 0 Å². The molecule has 0 spiro atoms. The number of aromatic nitrogens is 2. The van der Waals surface area contributed by atoms with Crippen molar-refractivity contribution < 1.29 is 9.32 Å². The summed E-state index contributed by atoms with van der Waals surface area (Å²) < 4.78 is 5.27. The Hall–Kier alpha value is -2.21. The van der Waals surface area contributed by atoms with E-state index in [2.05, 4.69) is 44.6 Å². The third kappa shape index (κ3) is 3.90. The summed E-state index contributed by atoms with van der Waals surface area (Å²) in [5, 5.41) is 6.93. The molecule has 0 unspecified atom stereocenters. The number of nitrogens with one attached hydrogen (secondary N) is 1. The maximum atomic E-state index is 12.8. The van der Waals surface area contributed by atoms with Crippen LogP contribution in [-0.2, 0) is 17.8 Å². The van der Waals surface area contributed by atoms with Gasteiger partial charge in [-0.15, -0.1) is 0 Å². The van der Waals surface area contributed by atoms with Crippen LogP contribution >= 0.6 is 0 Å². The third-order valence-corrected chi connectivity index (χ3v) is 4.86. The normalized spacial score (nSPS) is 17.2. The molecule has 25 heavy (non-hydrogen) atoms. The minimum absolute atomic E-state index is 0.00562. The van der Waals surface area contributed by atoms with E-state index in [9.17, 15) is 4.79 Å². The Bertz CT molecular complexity index is 741. The van der Waals surface area contributed by atoms with E-state index in [1.165, 1.54) is 11.1 Å². The maximum absolute atomic E-state index is 12.8. The molecule has 1 aromatic carbocycles. The van der Waals surface area contributed by atoms with Crippen molar-refractivity contribution in [1.29, 1.82) is 0 Å². The molecule has 6 heteroatoms. The summed E-state index contributed by atoms with van der Waals surface area (Å²) in [5.41, 5.74) is 2.69. The number of benzene rings is 1. The van der Waals surface area contributed by atoms with E-state index in [1.54, 1.807) is 6.92 Å². The van der Waals surface area contributed by atoms with Gasteiger partial charge in [0.05, 0.1) is 6.04 Å². The molecule has 0 radical (unpaired) electrons. The topological polar surface area (TPSA) is 71.3 Å². The van der Waals surface area contributed by atoms with Gasteiger partial charge in [0, 0.05) is 13.1 Å². The van der Waals surface area contributed by atoms with Crippen LogP contribution in [-0.4, -0.2) is 33.5 Å². The van der Waals surface area contributed by atoms with Crippen molar-refractivity contribution in [1.82, 2.24) is 20.4 Å². The molecule has 2 heterocycles. The van der Waals surface area contributed by atoms with Gasteiger partial charge in [-0.2, -0.15) is 4.98 Å². The summed E-state index contributed by atoms with van der Waals surface area (Å²) >= 11 is 0. The Morgan fingerprint density at radius 3 is 2.60 bits per heavy atom. The molecule has 0 fully saturated rings. The summed E-state index contributed by atoms with van der Waals surface area (Å²) in [4.78, 5) is 19.3. The van der Waals surface area contributed by atoms with Crippen molar-refractivity contribution in [3.63, 3.8) is 0 Å². The molecule has 1 aliphatic rings. The highest BCUT2D eigenvalue weighted by Gasteiger charge is 2.30. The number of amides is 1. The maximum Gasteiger partial charge on any atom is 0.249 e. The monoisotopic (exact) mass is 342 g/mol. The number of carbonyl (C=O) groups excluding carboxylic acids is 1. The van der Waals surface area contributed by atoms with Crippen LogP contribution in [0.1, 0.15) is 49.7 Å². The fourth-order valence-electron chi connectivity index (χ4n) is 3.24. The number of aryl methyl sites for hydroxylation is 1. The lowest BCUT2D eigenvalue weighted by Crippen LogP contribution is -2.48. The Morgan fingerprint density at radius 1 is 1.24 bits per heavy atom. The third-order valence-electron chi connectivity index (χ3n) is 4.86. The molecule has 2 atom stereocenters. The number of nitrogens with zero attached hydrogens (tertiary/aromatic N) is 3. The van der Waals surface area contributed by atoms with Gasteiger partial charge in [-0.1, -0.05) is 43.3 Å². The number of rotatable bonds is 5. The van der Waals surface area contributed by atoms with Gasteiger partial charge >= 0.3 is 0 Å². The number of carbonyl (C=O) groups is 1. The van der Waals surface area contributed by atoms with Crippen LogP contribution in [0.5, 0.6) is 0 Å². The Kier molecular flexibility index (Phi) is 5.18. The summed E-state index contributed by atoms with van der Waals surface area (Å²) in [6, 6.07) is 7.96. The van der Waals surface area contributed by atoms with Crippen molar-refractivity contribution >= 4 is 5.91 Å². The largest absolute Gasteiger partial charge is 0.343 e. The smallest absolute Gasteiger partial charge is 0.249 e. The summed E-state index contributed by atoms with van der Waals surface area (Å²) in [5.74, 6) is 1.21. The van der Waals surface area contributed by atoms with Gasteiger partial charge < -0.3 is 9.84 Å². The molecular weight excluding hydrogens is 316 g/mol. The van der Waals surface area contributed by atoms with Crippen LogP contribution in [0.4, 0.5) is 0 Å². The predicted octanol–water partition coefficient (Wildman–Crippen LogP) is 2.64. The highest BCUT2D eigenvalue weighted by Crippen LogP contribution is 2.23. The molecule has 0 bridgehead atoms. The van der Waals surface area contributed by atoms with Crippen molar-refractivity contribution in [3.05, 3.63) is 47.1 Å². The highest BCUT2D eigenvalue weighted by molar-refractivity contribution is 5.81. The average molecular weight is 342 g/mol. The van der Waals surface area contributed by atoms with E-state index in [0.29, 0.717) is 11.7 Å². The van der Waals surface area contributed by atoms with Gasteiger partial charge in [-0.3, -0.25) is 9.69 Å². The summed E-state index contributed by atoms with van der Waals surface area (Å²) in [6.07, 6.45) is 0.976. The van der Waals surface area contributed by atoms with E-state index >= 15 is 0 Å². The Labute approximate surface area is 148 Å². The van der Waals surface area contributed by atoms with E-state index < -0.39 is 0 Å². The van der Waals surface area contributed by atoms with Crippen molar-refractivity contribution in [2.45, 2.75) is 52.7 Å². The first kappa shape index (κ1) is 17.6. The Balaban J connectivity index is 1.68. The van der Waals surface area contributed by atoms with Gasteiger partial charge in [0.1, 0.15) is 6.04 Å². The number of fused-ring (bicyclic) bond motifs is 1. The minimum atomic E-state index is -0.270. The van der Waals surface area contributed by atoms with E-state index in [1.807, 2.05) is 20.8 Å². The molecule has 2 aromatic rings. The first-order chi connectivity index (χ1) is 12.0. The standard InChI is InChI=1S/C19H26N4O2/c1-12(2)17(19-20-14(4)22-25-19)21-18(24)13(3)23-10-9-15-7-5-6-8-16(15)11-23/h5-8,12-13,17H,9-11H2,1-4H3,(H,21,24)/t13-,17-/m1/s1. The summed E-state index contributed by atoms with van der Waals surface area (Å²) in [6.45, 7) is 9.49. The van der Waals surface area contributed by atoms with Crippen LogP contribution in [0.2, 0.25) is 0 Å². The molecule has 3 rings (SSSR count). The second kappa shape index (κ2) is 7.35. The van der Waals surface area contributed by atoms with E-state index in [-0.39, 0.29) is 23.9 Å². The SMILES string of the molecule is Cc1noc([C@H](NC(=O)[C@@H](C)N2CCc3ccccc3C2)C(C)C)n1. The predicted molar refractivity (Wildman–Crippen MR) is 94.8 cm³/mol. The molecular formula is C19H26N4O2. The lowest BCUT2D eigenvalue weighted by molar-refractivity contribution is -0.127. The first-order valence-corrected chi connectivity index (χ1v) is 8.87. The second-order valence-electron chi connectivity index (χ2n) is 7.08. The molecule has 6 nitrogen and oxygen atoms in total. The lowest BCUT2D eigenvalue weighted by Gasteiger charge is -2.33.